The number of carbonyl (C=O) groups is 2. The zero-order valence-corrected chi connectivity index (χ0v) is 17.1. The van der Waals surface area contributed by atoms with Crippen LogP contribution in [0.5, 0.6) is 5.75 Å². The smallest absolute Gasteiger partial charge is 0.227 e. The number of benzene rings is 2. The largest absolute Gasteiger partial charge is 0.497 e. The predicted molar refractivity (Wildman–Crippen MR) is 112 cm³/mol. The minimum absolute atomic E-state index is 0.0881. The molecule has 154 valence electrons. The fourth-order valence-electron chi connectivity index (χ4n) is 3.38. The van der Waals surface area contributed by atoms with Crippen molar-refractivity contribution in [3.63, 3.8) is 0 Å². The van der Waals surface area contributed by atoms with Crippen molar-refractivity contribution in [1.82, 2.24) is 10.5 Å². The summed E-state index contributed by atoms with van der Waals surface area (Å²) in [5.41, 5.74) is 2.17. The second-order valence-electron chi connectivity index (χ2n) is 7.01. The van der Waals surface area contributed by atoms with Crippen LogP contribution in [-0.4, -0.2) is 30.6 Å². The van der Waals surface area contributed by atoms with Crippen LogP contribution in [0.15, 0.2) is 59.1 Å². The van der Waals surface area contributed by atoms with Gasteiger partial charge in [-0.25, -0.2) is 0 Å². The van der Waals surface area contributed by atoms with Crippen molar-refractivity contribution < 1.29 is 18.8 Å². The van der Waals surface area contributed by atoms with E-state index in [0.29, 0.717) is 28.8 Å². The number of rotatable bonds is 6. The average Bonchev–Trinajstić information content (AvgIpc) is 3.39. The summed E-state index contributed by atoms with van der Waals surface area (Å²) in [5, 5.41) is 7.48. The summed E-state index contributed by atoms with van der Waals surface area (Å²) in [7, 11) is 1.57. The normalized spacial score (nSPS) is 16.0. The topological polar surface area (TPSA) is 84.7 Å². The van der Waals surface area contributed by atoms with Gasteiger partial charge in [-0.05, 0) is 36.4 Å². The Morgan fingerprint density at radius 3 is 2.83 bits per heavy atom. The summed E-state index contributed by atoms with van der Waals surface area (Å²) in [6.07, 6.45) is 0.165. The molecule has 1 N–H and O–H groups in total. The Balaban J connectivity index is 1.35. The standard InChI is InChI=1S/C22H20ClN3O4/c1-29-19-4-2-3-18(11-19)26-13-15(9-21(26)27)22(28)24-12-17-10-20(30-25-17)14-5-7-16(23)8-6-14/h2-8,10-11,15H,9,12-13H2,1H3,(H,24,28). The highest BCUT2D eigenvalue weighted by Gasteiger charge is 2.35. The van der Waals surface area contributed by atoms with Crippen LogP contribution in [0.2, 0.25) is 5.02 Å². The molecule has 2 heterocycles. The summed E-state index contributed by atoms with van der Waals surface area (Å²) < 4.78 is 10.6. The molecule has 1 unspecified atom stereocenters. The van der Waals surface area contributed by atoms with E-state index in [2.05, 4.69) is 10.5 Å². The third-order valence-electron chi connectivity index (χ3n) is 4.99. The number of methoxy groups -OCH3 is 1. The van der Waals surface area contributed by atoms with Gasteiger partial charge < -0.3 is 19.5 Å². The molecule has 2 amide bonds. The first-order chi connectivity index (χ1) is 14.5. The Labute approximate surface area is 178 Å². The van der Waals surface area contributed by atoms with E-state index in [1.54, 1.807) is 36.3 Å². The summed E-state index contributed by atoms with van der Waals surface area (Å²) in [6, 6.07) is 16.2. The summed E-state index contributed by atoms with van der Waals surface area (Å²) >= 11 is 5.90. The van der Waals surface area contributed by atoms with E-state index < -0.39 is 5.92 Å². The lowest BCUT2D eigenvalue weighted by molar-refractivity contribution is -0.126. The Bertz CT molecular complexity index is 1060. The second-order valence-corrected chi connectivity index (χ2v) is 7.45. The van der Waals surface area contributed by atoms with Crippen molar-refractivity contribution in [2.75, 3.05) is 18.6 Å². The number of anilines is 1. The number of nitrogens with zero attached hydrogens (tertiary/aromatic N) is 2. The zero-order valence-electron chi connectivity index (χ0n) is 16.3. The highest BCUT2D eigenvalue weighted by Crippen LogP contribution is 2.28. The van der Waals surface area contributed by atoms with Gasteiger partial charge in [-0.3, -0.25) is 9.59 Å². The fraction of sp³-hybridized carbons (Fsp3) is 0.227. The van der Waals surface area contributed by atoms with Crippen LogP contribution in [0.1, 0.15) is 12.1 Å². The molecular weight excluding hydrogens is 406 g/mol. The number of halogens is 1. The number of amides is 2. The monoisotopic (exact) mass is 425 g/mol. The van der Waals surface area contributed by atoms with Crippen LogP contribution in [0.25, 0.3) is 11.3 Å². The molecule has 1 aliphatic heterocycles. The van der Waals surface area contributed by atoms with Crippen molar-refractivity contribution in [2.45, 2.75) is 13.0 Å². The van der Waals surface area contributed by atoms with Gasteiger partial charge in [0.2, 0.25) is 11.8 Å². The van der Waals surface area contributed by atoms with Crippen LogP contribution in [-0.2, 0) is 16.1 Å². The molecule has 1 atom stereocenters. The van der Waals surface area contributed by atoms with E-state index in [-0.39, 0.29) is 24.8 Å². The molecule has 2 aromatic carbocycles. The van der Waals surface area contributed by atoms with Gasteiger partial charge in [0.25, 0.3) is 0 Å². The SMILES string of the molecule is COc1cccc(N2CC(C(=O)NCc3cc(-c4ccc(Cl)cc4)on3)CC2=O)c1. The maximum atomic E-state index is 12.6. The van der Waals surface area contributed by atoms with Gasteiger partial charge in [0, 0.05) is 41.4 Å². The highest BCUT2D eigenvalue weighted by atomic mass is 35.5. The second kappa shape index (κ2) is 8.59. The highest BCUT2D eigenvalue weighted by molar-refractivity contribution is 6.30. The predicted octanol–water partition coefficient (Wildman–Crippen LogP) is 3.67. The molecule has 30 heavy (non-hydrogen) atoms. The lowest BCUT2D eigenvalue weighted by atomic mass is 10.1. The fourth-order valence-corrected chi connectivity index (χ4v) is 3.50. The van der Waals surface area contributed by atoms with Gasteiger partial charge in [0.1, 0.15) is 11.4 Å². The number of carbonyl (C=O) groups excluding carboxylic acids is 2. The van der Waals surface area contributed by atoms with Crippen molar-refractivity contribution in [1.29, 1.82) is 0 Å². The van der Waals surface area contributed by atoms with Crippen molar-refractivity contribution >= 4 is 29.1 Å². The first-order valence-electron chi connectivity index (χ1n) is 9.47. The maximum Gasteiger partial charge on any atom is 0.227 e. The van der Waals surface area contributed by atoms with Crippen LogP contribution >= 0.6 is 11.6 Å². The van der Waals surface area contributed by atoms with Gasteiger partial charge in [0.15, 0.2) is 5.76 Å². The van der Waals surface area contributed by atoms with E-state index in [4.69, 9.17) is 20.9 Å². The van der Waals surface area contributed by atoms with Crippen LogP contribution in [0, 0.1) is 5.92 Å². The molecule has 7 nitrogen and oxygen atoms in total. The van der Waals surface area contributed by atoms with Gasteiger partial charge in [-0.15, -0.1) is 0 Å². The van der Waals surface area contributed by atoms with Crippen LogP contribution in [0.4, 0.5) is 5.69 Å². The van der Waals surface area contributed by atoms with Crippen molar-refractivity contribution in [3.8, 4) is 17.1 Å². The third-order valence-corrected chi connectivity index (χ3v) is 5.24. The molecule has 8 heteroatoms. The molecule has 1 aliphatic rings. The Kier molecular flexibility index (Phi) is 5.72. The summed E-state index contributed by atoms with van der Waals surface area (Å²) in [4.78, 5) is 26.6. The number of hydrogen-bond acceptors (Lipinski definition) is 5. The summed E-state index contributed by atoms with van der Waals surface area (Å²) in [5.74, 6) is 0.554. The number of aromatic nitrogens is 1. The molecule has 0 radical (unpaired) electrons. The third kappa shape index (κ3) is 4.31. The first-order valence-corrected chi connectivity index (χ1v) is 9.85. The van der Waals surface area contributed by atoms with Gasteiger partial charge >= 0.3 is 0 Å². The van der Waals surface area contributed by atoms with E-state index in [1.807, 2.05) is 30.3 Å². The molecule has 0 saturated carbocycles. The Morgan fingerprint density at radius 2 is 2.07 bits per heavy atom. The minimum Gasteiger partial charge on any atom is -0.497 e. The lowest BCUT2D eigenvalue weighted by Gasteiger charge is -2.17. The van der Waals surface area contributed by atoms with E-state index in [1.165, 1.54) is 0 Å². The number of ether oxygens (including phenoxy) is 1. The quantitative estimate of drug-likeness (QED) is 0.651. The average molecular weight is 426 g/mol. The van der Waals surface area contributed by atoms with Gasteiger partial charge in [-0.2, -0.15) is 0 Å². The molecular formula is C22H20ClN3O4. The molecule has 3 aromatic rings. The minimum atomic E-state index is -0.425. The van der Waals surface area contributed by atoms with Gasteiger partial charge in [-0.1, -0.05) is 22.8 Å². The Hall–Kier alpha value is -3.32. The molecule has 1 aromatic heterocycles. The van der Waals surface area contributed by atoms with Crippen LogP contribution < -0.4 is 15.0 Å². The van der Waals surface area contributed by atoms with Crippen molar-refractivity contribution in [3.05, 3.63) is 65.3 Å². The van der Waals surface area contributed by atoms with Crippen LogP contribution in [0.3, 0.4) is 0 Å². The molecule has 1 fully saturated rings. The molecule has 0 bridgehead atoms. The van der Waals surface area contributed by atoms with E-state index >= 15 is 0 Å². The molecule has 1 saturated heterocycles. The maximum absolute atomic E-state index is 12.6. The summed E-state index contributed by atoms with van der Waals surface area (Å²) in [6.45, 7) is 0.548. The van der Waals surface area contributed by atoms with E-state index in [0.717, 1.165) is 11.3 Å². The Morgan fingerprint density at radius 1 is 1.27 bits per heavy atom. The zero-order chi connectivity index (χ0) is 21.1. The van der Waals surface area contributed by atoms with E-state index in [9.17, 15) is 9.59 Å². The molecule has 0 aliphatic carbocycles. The lowest BCUT2D eigenvalue weighted by Crippen LogP contribution is -2.32. The number of nitrogens with one attached hydrogen (secondary N) is 1. The van der Waals surface area contributed by atoms with Crippen molar-refractivity contribution in [2.24, 2.45) is 5.92 Å². The van der Waals surface area contributed by atoms with Gasteiger partial charge in [0.05, 0.1) is 19.6 Å². The first kappa shape index (κ1) is 20.0. The number of hydrogen-bond donors (Lipinski definition) is 1. The molecule has 4 rings (SSSR count). The molecule has 0 spiro atoms.